The SMILES string of the molecule is CC[C@H](C)CC(=O)[C@@H](CC1CCCCC1)N=C(N)NC(=O)Cc1ccc(OC)c(OC)c1. The molecule has 1 amide bonds. The van der Waals surface area contributed by atoms with Gasteiger partial charge in [-0.05, 0) is 36.0 Å². The van der Waals surface area contributed by atoms with Gasteiger partial charge in [-0.15, -0.1) is 0 Å². The first-order chi connectivity index (χ1) is 15.4. The molecule has 3 N–H and O–H groups in total. The number of carbonyl (C=O) groups excluding carboxylic acids is 2. The van der Waals surface area contributed by atoms with Gasteiger partial charge in [0.05, 0.1) is 20.6 Å². The van der Waals surface area contributed by atoms with Crippen LogP contribution in [0.3, 0.4) is 0 Å². The van der Waals surface area contributed by atoms with Crippen LogP contribution in [0.25, 0.3) is 0 Å². The van der Waals surface area contributed by atoms with Gasteiger partial charge in [-0.1, -0.05) is 58.4 Å². The molecule has 178 valence electrons. The van der Waals surface area contributed by atoms with Crippen LogP contribution < -0.4 is 20.5 Å². The van der Waals surface area contributed by atoms with Gasteiger partial charge in [0.25, 0.3) is 0 Å². The van der Waals surface area contributed by atoms with Gasteiger partial charge in [-0.3, -0.25) is 14.9 Å². The number of ether oxygens (including phenoxy) is 2. The molecule has 32 heavy (non-hydrogen) atoms. The molecule has 0 aliphatic heterocycles. The Kier molecular flexibility index (Phi) is 10.5. The number of hydrogen-bond acceptors (Lipinski definition) is 5. The van der Waals surface area contributed by atoms with Gasteiger partial charge < -0.3 is 15.2 Å². The molecule has 2 atom stereocenters. The summed E-state index contributed by atoms with van der Waals surface area (Å²) in [6.45, 7) is 4.16. The summed E-state index contributed by atoms with van der Waals surface area (Å²) in [6.07, 6.45) is 8.21. The zero-order chi connectivity index (χ0) is 23.5. The molecule has 1 aliphatic carbocycles. The molecular weight excluding hydrogens is 406 g/mol. The molecule has 7 heteroatoms. The number of Topliss-reactive ketones (excluding diaryl/α,β-unsaturated/α-hetero) is 1. The number of nitrogens with two attached hydrogens (primary N) is 1. The van der Waals surface area contributed by atoms with E-state index in [-0.39, 0.29) is 24.1 Å². The van der Waals surface area contributed by atoms with E-state index >= 15 is 0 Å². The predicted molar refractivity (Wildman–Crippen MR) is 127 cm³/mol. The summed E-state index contributed by atoms with van der Waals surface area (Å²) in [7, 11) is 3.11. The van der Waals surface area contributed by atoms with Crippen molar-refractivity contribution in [2.75, 3.05) is 14.2 Å². The second-order valence-corrected chi connectivity index (χ2v) is 8.87. The van der Waals surface area contributed by atoms with Crippen molar-refractivity contribution >= 4 is 17.6 Å². The maximum absolute atomic E-state index is 12.9. The lowest BCUT2D eigenvalue weighted by Crippen LogP contribution is -2.40. The van der Waals surface area contributed by atoms with E-state index < -0.39 is 6.04 Å². The van der Waals surface area contributed by atoms with E-state index in [4.69, 9.17) is 15.2 Å². The van der Waals surface area contributed by atoms with E-state index in [2.05, 4.69) is 24.2 Å². The normalized spacial score (nSPS) is 16.8. The van der Waals surface area contributed by atoms with Crippen LogP contribution in [0, 0.1) is 11.8 Å². The van der Waals surface area contributed by atoms with Gasteiger partial charge >= 0.3 is 0 Å². The van der Waals surface area contributed by atoms with E-state index in [1.807, 2.05) is 0 Å². The number of benzene rings is 1. The molecule has 1 aromatic rings. The number of amides is 1. The summed E-state index contributed by atoms with van der Waals surface area (Å²) < 4.78 is 10.5. The number of rotatable bonds is 11. The van der Waals surface area contributed by atoms with E-state index in [0.29, 0.717) is 36.2 Å². The van der Waals surface area contributed by atoms with Gasteiger partial charge in [0.2, 0.25) is 5.91 Å². The third-order valence-electron chi connectivity index (χ3n) is 6.27. The Balaban J connectivity index is 2.04. The number of aliphatic imine (C=N–C) groups is 1. The number of methoxy groups -OCH3 is 2. The van der Waals surface area contributed by atoms with Crippen LogP contribution in [-0.2, 0) is 16.0 Å². The van der Waals surface area contributed by atoms with E-state index in [1.54, 1.807) is 32.4 Å². The molecule has 1 aromatic carbocycles. The van der Waals surface area contributed by atoms with Crippen molar-refractivity contribution in [1.82, 2.24) is 5.32 Å². The first kappa shape index (κ1) is 25.7. The zero-order valence-corrected chi connectivity index (χ0v) is 20.0. The fourth-order valence-electron chi connectivity index (χ4n) is 4.18. The van der Waals surface area contributed by atoms with Gasteiger partial charge in [0.15, 0.2) is 23.2 Å². The monoisotopic (exact) mass is 445 g/mol. The predicted octanol–water partition coefficient (Wildman–Crippen LogP) is 4.02. The van der Waals surface area contributed by atoms with Crippen molar-refractivity contribution in [3.63, 3.8) is 0 Å². The first-order valence-corrected chi connectivity index (χ1v) is 11.7. The molecule has 7 nitrogen and oxygen atoms in total. The number of ketones is 1. The van der Waals surface area contributed by atoms with Crippen LogP contribution in [0.2, 0.25) is 0 Å². The van der Waals surface area contributed by atoms with Crippen LogP contribution in [0.15, 0.2) is 23.2 Å². The second kappa shape index (κ2) is 13.1. The van der Waals surface area contributed by atoms with E-state index in [0.717, 1.165) is 24.8 Å². The highest BCUT2D eigenvalue weighted by atomic mass is 16.5. The summed E-state index contributed by atoms with van der Waals surface area (Å²) in [5, 5.41) is 2.65. The first-order valence-electron chi connectivity index (χ1n) is 11.7. The molecule has 0 spiro atoms. The number of guanidine groups is 1. The number of hydrogen-bond donors (Lipinski definition) is 2. The summed E-state index contributed by atoms with van der Waals surface area (Å²) in [5.74, 6) is 1.80. The lowest BCUT2D eigenvalue weighted by atomic mass is 9.83. The quantitative estimate of drug-likeness (QED) is 0.395. The van der Waals surface area contributed by atoms with E-state index in [1.165, 1.54) is 19.3 Å². The number of nitrogens with zero attached hydrogens (tertiary/aromatic N) is 1. The van der Waals surface area contributed by atoms with Crippen LogP contribution in [0.1, 0.15) is 70.8 Å². The summed E-state index contributed by atoms with van der Waals surface area (Å²) in [5.41, 5.74) is 6.82. The van der Waals surface area contributed by atoms with Crippen LogP contribution in [0.4, 0.5) is 0 Å². The molecule has 0 radical (unpaired) electrons. The van der Waals surface area contributed by atoms with Crippen molar-refractivity contribution < 1.29 is 19.1 Å². The van der Waals surface area contributed by atoms with Gasteiger partial charge in [0, 0.05) is 6.42 Å². The van der Waals surface area contributed by atoms with Crippen molar-refractivity contribution in [2.45, 2.75) is 77.7 Å². The summed E-state index contributed by atoms with van der Waals surface area (Å²) >= 11 is 0. The molecule has 1 fully saturated rings. The highest BCUT2D eigenvalue weighted by Crippen LogP contribution is 2.29. The fourth-order valence-corrected chi connectivity index (χ4v) is 4.18. The highest BCUT2D eigenvalue weighted by Gasteiger charge is 2.25. The molecule has 0 saturated heterocycles. The number of carbonyl (C=O) groups is 2. The Labute approximate surface area is 192 Å². The third kappa shape index (κ3) is 8.17. The van der Waals surface area contributed by atoms with Crippen molar-refractivity contribution in [1.29, 1.82) is 0 Å². The van der Waals surface area contributed by atoms with Crippen LogP contribution in [0.5, 0.6) is 11.5 Å². The largest absolute Gasteiger partial charge is 0.493 e. The van der Waals surface area contributed by atoms with Gasteiger partial charge in [-0.2, -0.15) is 0 Å². The Morgan fingerprint density at radius 1 is 1.16 bits per heavy atom. The highest BCUT2D eigenvalue weighted by molar-refractivity contribution is 5.98. The smallest absolute Gasteiger partial charge is 0.231 e. The Bertz CT molecular complexity index is 787. The maximum atomic E-state index is 12.9. The van der Waals surface area contributed by atoms with Crippen LogP contribution in [-0.4, -0.2) is 37.9 Å². The van der Waals surface area contributed by atoms with Crippen molar-refractivity contribution in [2.24, 2.45) is 22.6 Å². The maximum Gasteiger partial charge on any atom is 0.231 e. The Hall–Kier alpha value is -2.57. The van der Waals surface area contributed by atoms with Gasteiger partial charge in [-0.25, -0.2) is 4.99 Å². The molecule has 0 heterocycles. The molecule has 0 aromatic heterocycles. The minimum atomic E-state index is -0.492. The molecule has 1 aliphatic rings. The standard InChI is InChI=1S/C25H39N3O4/c1-5-17(2)13-21(29)20(14-18-9-7-6-8-10-18)27-25(26)28-24(30)16-19-11-12-22(31-3)23(15-19)32-4/h11-12,15,17-18,20H,5-10,13-14,16H2,1-4H3,(H3,26,27,28,30)/t17-,20+/m0/s1. The zero-order valence-electron chi connectivity index (χ0n) is 20.0. The van der Waals surface area contributed by atoms with Crippen LogP contribution >= 0.6 is 0 Å². The second-order valence-electron chi connectivity index (χ2n) is 8.87. The molecular formula is C25H39N3O4. The Morgan fingerprint density at radius 3 is 2.47 bits per heavy atom. The van der Waals surface area contributed by atoms with Crippen molar-refractivity contribution in [3.05, 3.63) is 23.8 Å². The number of nitrogens with one attached hydrogen (secondary N) is 1. The summed E-state index contributed by atoms with van der Waals surface area (Å²) in [4.78, 5) is 29.9. The summed E-state index contributed by atoms with van der Waals surface area (Å²) in [6, 6.07) is 4.82. The minimum absolute atomic E-state index is 0.00814. The minimum Gasteiger partial charge on any atom is -0.493 e. The lowest BCUT2D eigenvalue weighted by molar-refractivity contribution is -0.122. The molecule has 1 saturated carbocycles. The third-order valence-corrected chi connectivity index (χ3v) is 6.27. The van der Waals surface area contributed by atoms with E-state index in [9.17, 15) is 9.59 Å². The van der Waals surface area contributed by atoms with Crippen molar-refractivity contribution in [3.8, 4) is 11.5 Å². The molecule has 2 rings (SSSR count). The lowest BCUT2D eigenvalue weighted by Gasteiger charge is -2.25. The molecule has 0 bridgehead atoms. The fraction of sp³-hybridized carbons (Fsp3) is 0.640. The average molecular weight is 446 g/mol. The topological polar surface area (TPSA) is 103 Å². The Morgan fingerprint density at radius 2 is 1.84 bits per heavy atom. The van der Waals surface area contributed by atoms with Gasteiger partial charge in [0.1, 0.15) is 6.04 Å². The molecule has 0 unspecified atom stereocenters. The average Bonchev–Trinajstić information content (AvgIpc) is 2.78.